The molecule has 0 saturated carbocycles. The number of piperidine rings is 1. The van der Waals surface area contributed by atoms with Gasteiger partial charge in [0.15, 0.2) is 5.82 Å². The van der Waals surface area contributed by atoms with E-state index in [-0.39, 0.29) is 16.5 Å². The van der Waals surface area contributed by atoms with E-state index >= 15 is 0 Å². The van der Waals surface area contributed by atoms with Crippen LogP contribution in [0.4, 0.5) is 18.9 Å². The summed E-state index contributed by atoms with van der Waals surface area (Å²) in [4.78, 5) is 27.1. The quantitative estimate of drug-likeness (QED) is 0.708. The van der Waals surface area contributed by atoms with Gasteiger partial charge in [-0.1, -0.05) is 23.4 Å². The summed E-state index contributed by atoms with van der Waals surface area (Å²) in [5.41, 5.74) is -1.29. The van der Waals surface area contributed by atoms with Crippen molar-refractivity contribution in [1.82, 2.24) is 9.47 Å². The van der Waals surface area contributed by atoms with Crippen molar-refractivity contribution in [3.8, 4) is 11.8 Å². The Morgan fingerprint density at radius 1 is 1.43 bits per heavy atom. The van der Waals surface area contributed by atoms with E-state index in [1.807, 2.05) is 7.05 Å². The second-order valence-corrected chi connectivity index (χ2v) is 8.50. The molecule has 0 bridgehead atoms. The van der Waals surface area contributed by atoms with Crippen LogP contribution in [0, 0.1) is 23.6 Å². The molecule has 0 aliphatic carbocycles. The Bertz CT molecular complexity index is 1060. The largest absolute Gasteiger partial charge is 0.320 e. The van der Waals surface area contributed by atoms with Crippen LogP contribution in [0.3, 0.4) is 0 Å². The van der Waals surface area contributed by atoms with Crippen molar-refractivity contribution in [1.29, 1.82) is 0 Å². The van der Waals surface area contributed by atoms with Crippen LogP contribution in [0.2, 0.25) is 5.02 Å². The molecule has 1 saturated heterocycles. The average Bonchev–Trinajstić information content (AvgIpc) is 3.04. The summed E-state index contributed by atoms with van der Waals surface area (Å²) in [7, 11) is 2.04. The first-order chi connectivity index (χ1) is 14.2. The highest BCUT2D eigenvalue weighted by Gasteiger charge is 2.17. The molecule has 1 N–H and O–H groups in total. The van der Waals surface area contributed by atoms with E-state index in [9.17, 15) is 22.8 Å². The van der Waals surface area contributed by atoms with Gasteiger partial charge in [0.2, 0.25) is 0 Å². The number of thiophene rings is 1. The third-order valence-corrected chi connectivity index (χ3v) is 6.02. The van der Waals surface area contributed by atoms with E-state index in [1.54, 1.807) is 0 Å². The number of amides is 1. The molecular weight excluding hydrogens is 439 g/mol. The van der Waals surface area contributed by atoms with Gasteiger partial charge in [-0.2, -0.15) is 0 Å². The molecule has 1 amide bonds. The maximum atomic E-state index is 13.7. The highest BCUT2D eigenvalue weighted by Crippen LogP contribution is 2.27. The minimum atomic E-state index is -2.84. The van der Waals surface area contributed by atoms with Gasteiger partial charge in [-0.05, 0) is 32.5 Å². The summed E-state index contributed by atoms with van der Waals surface area (Å²) < 4.78 is 39.4. The number of alkyl halides is 2. The standard InChI is InChI=1S/C20H19ClF3N3O2S/c1-26-6-2-3-12(9-26)4-5-16-14(21)8-17(30-16)19(28)25-13-7-15(22)20(29)27(10-13)11-18(23)24/h7-8,10,12,18H,2-3,6,9,11H2,1H3,(H,25,28). The number of pyridine rings is 1. The summed E-state index contributed by atoms with van der Waals surface area (Å²) >= 11 is 7.28. The number of aromatic nitrogens is 1. The van der Waals surface area contributed by atoms with Gasteiger partial charge in [-0.3, -0.25) is 9.59 Å². The van der Waals surface area contributed by atoms with Crippen molar-refractivity contribution < 1.29 is 18.0 Å². The number of rotatable bonds is 4. The summed E-state index contributed by atoms with van der Waals surface area (Å²) in [6.07, 6.45) is 0.221. The van der Waals surface area contributed by atoms with Gasteiger partial charge in [0.1, 0.15) is 0 Å². The van der Waals surface area contributed by atoms with Crippen molar-refractivity contribution in [2.75, 3.05) is 25.5 Å². The van der Waals surface area contributed by atoms with Crippen molar-refractivity contribution >= 4 is 34.5 Å². The predicted octanol–water partition coefficient (Wildman–Crippen LogP) is 3.91. The third-order valence-electron chi connectivity index (χ3n) is 4.56. The first-order valence-electron chi connectivity index (χ1n) is 9.22. The highest BCUT2D eigenvalue weighted by molar-refractivity contribution is 7.15. The lowest BCUT2D eigenvalue weighted by Crippen LogP contribution is -2.31. The van der Waals surface area contributed by atoms with Gasteiger partial charge in [0.25, 0.3) is 17.9 Å². The summed E-state index contributed by atoms with van der Waals surface area (Å²) in [6, 6.07) is 2.24. The van der Waals surface area contributed by atoms with E-state index < -0.39 is 30.3 Å². The number of hydrogen-bond donors (Lipinski definition) is 1. The molecule has 1 aliphatic heterocycles. The van der Waals surface area contributed by atoms with E-state index in [0.29, 0.717) is 14.5 Å². The van der Waals surface area contributed by atoms with Crippen molar-refractivity contribution in [3.05, 3.63) is 49.3 Å². The second-order valence-electron chi connectivity index (χ2n) is 7.04. The fourth-order valence-corrected chi connectivity index (χ4v) is 4.31. The fraction of sp³-hybridized carbons (Fsp3) is 0.400. The van der Waals surface area contributed by atoms with Crippen molar-refractivity contribution in [3.63, 3.8) is 0 Å². The van der Waals surface area contributed by atoms with Crippen LogP contribution in [0.1, 0.15) is 27.4 Å². The molecule has 1 unspecified atom stereocenters. The molecule has 3 heterocycles. The first-order valence-corrected chi connectivity index (χ1v) is 10.4. The van der Waals surface area contributed by atoms with Crippen LogP contribution in [-0.4, -0.2) is 41.9 Å². The summed E-state index contributed by atoms with van der Waals surface area (Å²) in [5, 5.41) is 2.73. The Balaban J connectivity index is 1.75. The Morgan fingerprint density at radius 2 is 2.20 bits per heavy atom. The van der Waals surface area contributed by atoms with Crippen LogP contribution in [0.15, 0.2) is 23.1 Å². The van der Waals surface area contributed by atoms with Crippen LogP contribution in [-0.2, 0) is 6.54 Å². The summed E-state index contributed by atoms with van der Waals surface area (Å²) in [5.74, 6) is 4.62. The number of carbonyl (C=O) groups excluding carboxylic acids is 1. The molecule has 0 radical (unpaired) electrons. The number of nitrogens with zero attached hydrogens (tertiary/aromatic N) is 2. The van der Waals surface area contributed by atoms with Crippen LogP contribution in [0.25, 0.3) is 0 Å². The monoisotopic (exact) mass is 457 g/mol. The Hall–Kier alpha value is -2.28. The number of carbonyl (C=O) groups is 1. The molecule has 5 nitrogen and oxygen atoms in total. The van der Waals surface area contributed by atoms with Gasteiger partial charge >= 0.3 is 0 Å². The number of halogens is 4. The zero-order chi connectivity index (χ0) is 21.8. The molecule has 160 valence electrons. The highest BCUT2D eigenvalue weighted by atomic mass is 35.5. The normalized spacial score (nSPS) is 16.9. The smallest absolute Gasteiger partial charge is 0.286 e. The molecule has 1 atom stereocenters. The van der Waals surface area contributed by atoms with E-state index in [1.165, 1.54) is 6.07 Å². The molecule has 1 aliphatic rings. The minimum Gasteiger partial charge on any atom is -0.320 e. The van der Waals surface area contributed by atoms with Crippen LogP contribution < -0.4 is 10.9 Å². The SMILES string of the molecule is CN1CCCC(C#Cc2sc(C(=O)Nc3cc(F)c(=O)n(CC(F)F)c3)cc2Cl)C1. The molecule has 3 rings (SSSR count). The third kappa shape index (κ3) is 5.65. The molecule has 30 heavy (non-hydrogen) atoms. The maximum Gasteiger partial charge on any atom is 0.286 e. The molecule has 10 heteroatoms. The lowest BCUT2D eigenvalue weighted by molar-refractivity contribution is 0.103. The van der Waals surface area contributed by atoms with Crippen LogP contribution in [0.5, 0.6) is 0 Å². The lowest BCUT2D eigenvalue weighted by Gasteiger charge is -2.26. The second kappa shape index (κ2) is 9.69. The van der Waals surface area contributed by atoms with Crippen molar-refractivity contribution in [2.45, 2.75) is 25.8 Å². The zero-order valence-corrected chi connectivity index (χ0v) is 17.6. The Labute approximate surface area is 180 Å². The molecule has 2 aromatic rings. The van der Waals surface area contributed by atoms with E-state index in [0.717, 1.165) is 49.5 Å². The van der Waals surface area contributed by atoms with Gasteiger partial charge in [-0.15, -0.1) is 11.3 Å². The minimum absolute atomic E-state index is 0.111. The van der Waals surface area contributed by atoms with E-state index in [4.69, 9.17) is 11.6 Å². The van der Waals surface area contributed by atoms with E-state index in [2.05, 4.69) is 22.1 Å². The Morgan fingerprint density at radius 3 is 2.90 bits per heavy atom. The maximum absolute atomic E-state index is 13.7. The van der Waals surface area contributed by atoms with Gasteiger partial charge in [0, 0.05) is 24.7 Å². The average molecular weight is 458 g/mol. The zero-order valence-electron chi connectivity index (χ0n) is 16.1. The van der Waals surface area contributed by atoms with Gasteiger partial charge in [0.05, 0.1) is 27.0 Å². The molecule has 1 fully saturated rings. The molecular formula is C20H19ClF3N3O2S. The predicted molar refractivity (Wildman–Crippen MR) is 111 cm³/mol. The van der Waals surface area contributed by atoms with Crippen molar-refractivity contribution in [2.24, 2.45) is 5.92 Å². The fourth-order valence-electron chi connectivity index (χ4n) is 3.16. The van der Waals surface area contributed by atoms with Crippen LogP contribution >= 0.6 is 22.9 Å². The number of hydrogen-bond acceptors (Lipinski definition) is 4. The number of nitrogens with one attached hydrogen (secondary N) is 1. The van der Waals surface area contributed by atoms with Gasteiger partial charge < -0.3 is 14.8 Å². The number of likely N-dealkylation sites (tertiary alicyclic amines) is 1. The number of anilines is 1. The van der Waals surface area contributed by atoms with Gasteiger partial charge in [-0.25, -0.2) is 13.2 Å². The lowest BCUT2D eigenvalue weighted by atomic mass is 9.99. The molecule has 0 aromatic carbocycles. The molecule has 2 aromatic heterocycles. The Kier molecular flexibility index (Phi) is 7.23. The summed E-state index contributed by atoms with van der Waals surface area (Å²) in [6.45, 7) is 0.955. The topological polar surface area (TPSA) is 54.3 Å². The first kappa shape index (κ1) is 22.4. The molecule has 0 spiro atoms.